The summed E-state index contributed by atoms with van der Waals surface area (Å²) in [6.45, 7) is 0. The van der Waals surface area contributed by atoms with Gasteiger partial charge in [0.05, 0.1) is 5.69 Å². The zero-order valence-electron chi connectivity index (χ0n) is 7.55. The molecular weight excluding hydrogens is 195 g/mol. The minimum absolute atomic E-state index is 0.0437. The highest BCUT2D eigenvalue weighted by molar-refractivity contribution is 5.55. The summed E-state index contributed by atoms with van der Waals surface area (Å²) >= 11 is 0. The second-order valence-corrected chi connectivity index (χ2v) is 2.71. The van der Waals surface area contributed by atoms with Crippen LogP contribution in [-0.4, -0.2) is 15.0 Å². The number of rotatable bonds is 1. The molecule has 0 fully saturated rings. The van der Waals surface area contributed by atoms with E-state index in [0.717, 1.165) is 6.33 Å². The highest BCUT2D eigenvalue weighted by atomic mass is 19.1. The first-order valence-electron chi connectivity index (χ1n) is 4.15. The summed E-state index contributed by atoms with van der Waals surface area (Å²) in [7, 11) is 0. The lowest BCUT2D eigenvalue weighted by atomic mass is 10.2. The Kier molecular flexibility index (Phi) is 2.33. The van der Waals surface area contributed by atoms with Crippen LogP contribution in [0.1, 0.15) is 5.69 Å². The molecule has 0 spiro atoms. The van der Waals surface area contributed by atoms with Gasteiger partial charge in [-0.25, -0.2) is 14.4 Å². The topological polar surface area (TPSA) is 62.5 Å². The van der Waals surface area contributed by atoms with E-state index in [1.165, 1.54) is 6.20 Å². The quantitative estimate of drug-likeness (QED) is 0.700. The molecule has 2 heterocycles. The van der Waals surface area contributed by atoms with Crippen LogP contribution < -0.4 is 0 Å². The molecule has 0 N–H and O–H groups in total. The van der Waals surface area contributed by atoms with Gasteiger partial charge in [0, 0.05) is 6.20 Å². The molecule has 0 bridgehead atoms. The molecule has 15 heavy (non-hydrogen) atoms. The van der Waals surface area contributed by atoms with Gasteiger partial charge in [-0.15, -0.1) is 0 Å². The van der Waals surface area contributed by atoms with Crippen LogP contribution >= 0.6 is 0 Å². The number of halogens is 1. The molecule has 0 aliphatic rings. The molecule has 2 aromatic heterocycles. The SMILES string of the molecule is N#Cc1ncnc(-c2ccccn2)c1F. The average molecular weight is 200 g/mol. The van der Waals surface area contributed by atoms with E-state index in [0.29, 0.717) is 5.69 Å². The summed E-state index contributed by atoms with van der Waals surface area (Å²) < 4.78 is 13.6. The van der Waals surface area contributed by atoms with Crippen molar-refractivity contribution in [1.82, 2.24) is 15.0 Å². The molecule has 5 heteroatoms. The van der Waals surface area contributed by atoms with Crippen LogP contribution in [-0.2, 0) is 0 Å². The minimum Gasteiger partial charge on any atom is -0.255 e. The van der Waals surface area contributed by atoms with E-state index in [-0.39, 0.29) is 11.4 Å². The highest BCUT2D eigenvalue weighted by Crippen LogP contribution is 2.18. The van der Waals surface area contributed by atoms with E-state index >= 15 is 0 Å². The van der Waals surface area contributed by atoms with Crippen LogP contribution in [0.3, 0.4) is 0 Å². The van der Waals surface area contributed by atoms with E-state index in [9.17, 15) is 4.39 Å². The van der Waals surface area contributed by atoms with Gasteiger partial charge in [0.2, 0.25) is 0 Å². The van der Waals surface area contributed by atoms with E-state index in [4.69, 9.17) is 5.26 Å². The van der Waals surface area contributed by atoms with Crippen LogP contribution in [0.15, 0.2) is 30.7 Å². The summed E-state index contributed by atoms with van der Waals surface area (Å²) in [4.78, 5) is 11.2. The first-order valence-corrected chi connectivity index (χ1v) is 4.15. The molecule has 0 aromatic carbocycles. The van der Waals surface area contributed by atoms with Gasteiger partial charge < -0.3 is 0 Å². The lowest BCUT2D eigenvalue weighted by Gasteiger charge is -2.00. The summed E-state index contributed by atoms with van der Waals surface area (Å²) in [5, 5.41) is 8.59. The van der Waals surface area contributed by atoms with Gasteiger partial charge in [-0.3, -0.25) is 4.98 Å². The molecule has 2 rings (SSSR count). The van der Waals surface area contributed by atoms with Crippen LogP contribution in [0.5, 0.6) is 0 Å². The Labute approximate surface area is 85.1 Å². The third kappa shape index (κ3) is 1.65. The van der Waals surface area contributed by atoms with Crippen molar-refractivity contribution in [2.24, 2.45) is 0 Å². The maximum atomic E-state index is 13.6. The smallest absolute Gasteiger partial charge is 0.187 e. The predicted octanol–water partition coefficient (Wildman–Crippen LogP) is 1.55. The van der Waals surface area contributed by atoms with Gasteiger partial charge in [0.1, 0.15) is 18.1 Å². The van der Waals surface area contributed by atoms with E-state index < -0.39 is 5.82 Å². The van der Waals surface area contributed by atoms with Crippen molar-refractivity contribution in [3.8, 4) is 17.5 Å². The largest absolute Gasteiger partial charge is 0.255 e. The number of nitrogens with zero attached hydrogens (tertiary/aromatic N) is 4. The third-order valence-corrected chi connectivity index (χ3v) is 1.80. The number of nitriles is 1. The Hall–Kier alpha value is -2.35. The number of pyridine rings is 1. The standard InChI is InChI=1S/C10H5FN4/c11-9-8(5-12)14-6-15-10(9)7-3-1-2-4-13-7/h1-4,6H. The van der Waals surface area contributed by atoms with E-state index in [1.807, 2.05) is 0 Å². The lowest BCUT2D eigenvalue weighted by molar-refractivity contribution is 0.612. The van der Waals surface area contributed by atoms with Crippen LogP contribution in [0.25, 0.3) is 11.4 Å². The molecule has 0 saturated heterocycles. The lowest BCUT2D eigenvalue weighted by Crippen LogP contribution is -1.97. The second kappa shape index (κ2) is 3.80. The highest BCUT2D eigenvalue weighted by Gasteiger charge is 2.12. The summed E-state index contributed by atoms with van der Waals surface area (Å²) in [6.07, 6.45) is 2.68. The van der Waals surface area contributed by atoms with Crippen molar-refractivity contribution >= 4 is 0 Å². The molecule has 0 aliphatic heterocycles. The first kappa shape index (κ1) is 9.21. The van der Waals surface area contributed by atoms with Crippen molar-refractivity contribution in [1.29, 1.82) is 5.26 Å². The summed E-state index contributed by atoms with van der Waals surface area (Å²) in [5.41, 5.74) is 0.154. The molecule has 0 saturated carbocycles. The van der Waals surface area contributed by atoms with Crippen LogP contribution in [0.4, 0.5) is 4.39 Å². The Bertz CT molecular complexity index is 519. The molecule has 0 atom stereocenters. The molecule has 0 radical (unpaired) electrons. The van der Waals surface area contributed by atoms with Crippen molar-refractivity contribution in [3.05, 3.63) is 42.2 Å². The molecule has 0 unspecified atom stereocenters. The fourth-order valence-electron chi connectivity index (χ4n) is 1.13. The van der Waals surface area contributed by atoms with Crippen molar-refractivity contribution in [3.63, 3.8) is 0 Å². The van der Waals surface area contributed by atoms with Gasteiger partial charge in [0.15, 0.2) is 11.5 Å². The summed E-state index contributed by atoms with van der Waals surface area (Å²) in [6, 6.07) is 6.70. The monoisotopic (exact) mass is 200 g/mol. The van der Waals surface area contributed by atoms with Crippen LogP contribution in [0, 0.1) is 17.1 Å². The van der Waals surface area contributed by atoms with Gasteiger partial charge in [-0.05, 0) is 12.1 Å². The van der Waals surface area contributed by atoms with Crippen molar-refractivity contribution < 1.29 is 4.39 Å². The molecule has 72 valence electrons. The molecule has 2 aromatic rings. The van der Waals surface area contributed by atoms with E-state index in [1.54, 1.807) is 24.3 Å². The zero-order valence-corrected chi connectivity index (χ0v) is 7.55. The maximum Gasteiger partial charge on any atom is 0.187 e. The van der Waals surface area contributed by atoms with E-state index in [2.05, 4.69) is 15.0 Å². The first-order chi connectivity index (χ1) is 7.33. The Morgan fingerprint density at radius 1 is 1.20 bits per heavy atom. The van der Waals surface area contributed by atoms with Gasteiger partial charge in [-0.1, -0.05) is 6.07 Å². The fourth-order valence-corrected chi connectivity index (χ4v) is 1.13. The normalized spacial score (nSPS) is 9.60. The second-order valence-electron chi connectivity index (χ2n) is 2.71. The van der Waals surface area contributed by atoms with Crippen LogP contribution in [0.2, 0.25) is 0 Å². The molecular formula is C10H5FN4. The average Bonchev–Trinajstić information content (AvgIpc) is 2.30. The van der Waals surface area contributed by atoms with Gasteiger partial charge >= 0.3 is 0 Å². The van der Waals surface area contributed by atoms with Gasteiger partial charge in [-0.2, -0.15) is 5.26 Å². The van der Waals surface area contributed by atoms with Crippen molar-refractivity contribution in [2.75, 3.05) is 0 Å². The number of aromatic nitrogens is 3. The van der Waals surface area contributed by atoms with Gasteiger partial charge in [0.25, 0.3) is 0 Å². The Balaban J connectivity index is 2.61. The zero-order chi connectivity index (χ0) is 10.7. The summed E-state index contributed by atoms with van der Waals surface area (Å²) in [5.74, 6) is -0.737. The molecule has 0 aliphatic carbocycles. The Morgan fingerprint density at radius 3 is 2.73 bits per heavy atom. The number of hydrogen-bond donors (Lipinski definition) is 0. The third-order valence-electron chi connectivity index (χ3n) is 1.80. The molecule has 0 amide bonds. The molecule has 4 nitrogen and oxygen atoms in total. The van der Waals surface area contributed by atoms with Crippen molar-refractivity contribution in [2.45, 2.75) is 0 Å². The Morgan fingerprint density at radius 2 is 2.07 bits per heavy atom. The number of hydrogen-bond acceptors (Lipinski definition) is 4. The minimum atomic E-state index is -0.737. The fraction of sp³-hybridized carbons (Fsp3) is 0. The maximum absolute atomic E-state index is 13.6. The predicted molar refractivity (Wildman–Crippen MR) is 49.9 cm³/mol.